The van der Waals surface area contributed by atoms with Crippen LogP contribution in [0.1, 0.15) is 66.7 Å². The predicted octanol–water partition coefficient (Wildman–Crippen LogP) is 4.89. The van der Waals surface area contributed by atoms with Gasteiger partial charge in [-0.1, -0.05) is 40.0 Å². The molecular weight excluding hydrogens is 236 g/mol. The van der Waals surface area contributed by atoms with Crippen LogP contribution in [-0.4, -0.2) is 12.6 Å². The lowest BCUT2D eigenvalue weighted by Gasteiger charge is -2.09. The molecule has 0 heterocycles. The fraction of sp³-hybridized carbons (Fsp3) is 0.765. The molecule has 0 aromatic carbocycles. The number of hydrogen-bond donors (Lipinski definition) is 0. The lowest BCUT2D eigenvalue weighted by atomic mass is 9.97. The van der Waals surface area contributed by atoms with E-state index in [1.54, 1.807) is 0 Å². The Kier molecular flexibility index (Phi) is 10.3. The first-order valence-corrected chi connectivity index (χ1v) is 7.51. The molecule has 1 atom stereocenters. The van der Waals surface area contributed by atoms with Crippen molar-refractivity contribution in [3.05, 3.63) is 17.4 Å². The fourth-order valence-electron chi connectivity index (χ4n) is 1.91. The highest BCUT2D eigenvalue weighted by atomic mass is 16.5. The lowest BCUT2D eigenvalue weighted by Crippen LogP contribution is -2.03. The van der Waals surface area contributed by atoms with E-state index in [9.17, 15) is 4.79 Å². The maximum atomic E-state index is 11.3. The first-order valence-electron chi connectivity index (χ1n) is 7.51. The molecule has 19 heavy (non-hydrogen) atoms. The van der Waals surface area contributed by atoms with Crippen LogP contribution in [0.2, 0.25) is 0 Å². The van der Waals surface area contributed by atoms with Crippen LogP contribution in [0.5, 0.6) is 0 Å². The molecule has 0 rings (SSSR count). The normalized spacial score (nSPS) is 11.9. The maximum Gasteiger partial charge on any atom is 0.310 e. The Morgan fingerprint density at radius 1 is 1.26 bits per heavy atom. The minimum absolute atomic E-state index is 0.161. The average Bonchev–Trinajstić information content (AvgIpc) is 2.28. The van der Waals surface area contributed by atoms with Gasteiger partial charge in [0.1, 0.15) is 0 Å². The Balaban J connectivity index is 3.94. The summed E-state index contributed by atoms with van der Waals surface area (Å²) in [6, 6.07) is 0. The second kappa shape index (κ2) is 10.9. The summed E-state index contributed by atoms with van der Waals surface area (Å²) in [5, 5.41) is 0. The summed E-state index contributed by atoms with van der Waals surface area (Å²) in [4.78, 5) is 11.3. The molecule has 110 valence electrons. The van der Waals surface area contributed by atoms with E-state index in [-0.39, 0.29) is 5.97 Å². The second-order valence-corrected chi connectivity index (χ2v) is 5.78. The van der Waals surface area contributed by atoms with Crippen molar-refractivity contribution < 1.29 is 9.53 Å². The molecule has 0 saturated carbocycles. The Morgan fingerprint density at radius 3 is 2.53 bits per heavy atom. The zero-order valence-corrected chi connectivity index (χ0v) is 13.3. The van der Waals surface area contributed by atoms with Gasteiger partial charge < -0.3 is 4.74 Å². The van der Waals surface area contributed by atoms with Crippen molar-refractivity contribution in [3.8, 4) is 0 Å². The van der Waals surface area contributed by atoms with E-state index in [2.05, 4.69) is 32.6 Å². The molecule has 0 saturated heterocycles. The molecule has 1 unspecified atom stereocenters. The van der Waals surface area contributed by atoms with E-state index >= 15 is 0 Å². The van der Waals surface area contributed by atoms with Gasteiger partial charge >= 0.3 is 5.97 Å². The van der Waals surface area contributed by atoms with Gasteiger partial charge in [0.05, 0.1) is 13.0 Å². The van der Waals surface area contributed by atoms with Crippen molar-refractivity contribution in [2.75, 3.05) is 6.61 Å². The zero-order chi connectivity index (χ0) is 14.7. The standard InChI is InChI=1S/C17H30O2/c1-6-19-17(18)13-16(5)12-8-11-15(4)10-7-9-14(2)3/h8,14-15H,6-7,9-11,13H2,1-5H3. The molecule has 0 aromatic heterocycles. The third kappa shape index (κ3) is 11.8. The molecule has 2 heteroatoms. The number of rotatable bonds is 9. The van der Waals surface area contributed by atoms with E-state index in [1.807, 2.05) is 13.8 Å². The minimum atomic E-state index is -0.161. The van der Waals surface area contributed by atoms with Gasteiger partial charge in [-0.15, -0.1) is 5.73 Å². The van der Waals surface area contributed by atoms with Crippen LogP contribution in [0.15, 0.2) is 17.4 Å². The number of ether oxygens (including phenoxy) is 1. The van der Waals surface area contributed by atoms with Gasteiger partial charge in [-0.2, -0.15) is 0 Å². The molecule has 0 aliphatic heterocycles. The van der Waals surface area contributed by atoms with Crippen LogP contribution in [0.3, 0.4) is 0 Å². The van der Waals surface area contributed by atoms with Gasteiger partial charge in [-0.05, 0) is 43.8 Å². The van der Waals surface area contributed by atoms with Crippen molar-refractivity contribution in [2.45, 2.75) is 66.7 Å². The molecule has 0 aromatic rings. The Labute approximate surface area is 118 Å². The predicted molar refractivity (Wildman–Crippen MR) is 81.0 cm³/mol. The second-order valence-electron chi connectivity index (χ2n) is 5.78. The first-order chi connectivity index (χ1) is 8.95. The third-order valence-corrected chi connectivity index (χ3v) is 3.06. The molecule has 0 bridgehead atoms. The summed E-state index contributed by atoms with van der Waals surface area (Å²) in [5.41, 5.74) is 4.14. The largest absolute Gasteiger partial charge is 0.466 e. The van der Waals surface area contributed by atoms with Crippen LogP contribution in [0.4, 0.5) is 0 Å². The highest BCUT2D eigenvalue weighted by Gasteiger charge is 2.02. The monoisotopic (exact) mass is 266 g/mol. The van der Waals surface area contributed by atoms with E-state index in [4.69, 9.17) is 4.74 Å². The van der Waals surface area contributed by atoms with Crippen LogP contribution < -0.4 is 0 Å². The summed E-state index contributed by atoms with van der Waals surface area (Å²) in [5.74, 6) is 1.34. The summed E-state index contributed by atoms with van der Waals surface area (Å²) >= 11 is 0. The van der Waals surface area contributed by atoms with Crippen molar-refractivity contribution in [1.82, 2.24) is 0 Å². The number of carbonyl (C=O) groups is 1. The molecular formula is C17H30O2. The van der Waals surface area contributed by atoms with Gasteiger partial charge in [-0.25, -0.2) is 0 Å². The van der Waals surface area contributed by atoms with Gasteiger partial charge in [0.2, 0.25) is 0 Å². The summed E-state index contributed by atoms with van der Waals surface area (Å²) in [6.45, 7) is 11.0. The van der Waals surface area contributed by atoms with Crippen LogP contribution in [0.25, 0.3) is 0 Å². The zero-order valence-electron chi connectivity index (χ0n) is 13.3. The summed E-state index contributed by atoms with van der Waals surface area (Å²) in [7, 11) is 0. The smallest absolute Gasteiger partial charge is 0.310 e. The average molecular weight is 266 g/mol. The van der Waals surface area contributed by atoms with Gasteiger partial charge in [0, 0.05) is 0 Å². The third-order valence-electron chi connectivity index (χ3n) is 3.06. The van der Waals surface area contributed by atoms with Gasteiger partial charge in [-0.3, -0.25) is 4.79 Å². The molecule has 0 amide bonds. The lowest BCUT2D eigenvalue weighted by molar-refractivity contribution is -0.142. The number of carbonyl (C=O) groups excluding carboxylic acids is 1. The minimum Gasteiger partial charge on any atom is -0.466 e. The number of esters is 1. The Morgan fingerprint density at radius 2 is 1.95 bits per heavy atom. The molecule has 2 nitrogen and oxygen atoms in total. The molecule has 0 spiro atoms. The van der Waals surface area contributed by atoms with E-state index in [1.165, 1.54) is 19.3 Å². The Hall–Kier alpha value is -1.01. The molecule has 0 radical (unpaired) electrons. The first kappa shape index (κ1) is 18.0. The molecule has 0 aliphatic carbocycles. The van der Waals surface area contributed by atoms with Crippen LogP contribution in [-0.2, 0) is 9.53 Å². The molecule has 0 aliphatic rings. The van der Waals surface area contributed by atoms with E-state index in [0.717, 1.165) is 17.9 Å². The van der Waals surface area contributed by atoms with Crippen molar-refractivity contribution in [2.24, 2.45) is 11.8 Å². The summed E-state index contributed by atoms with van der Waals surface area (Å²) < 4.78 is 4.90. The quantitative estimate of drug-likeness (QED) is 0.438. The fourth-order valence-corrected chi connectivity index (χ4v) is 1.91. The van der Waals surface area contributed by atoms with E-state index in [0.29, 0.717) is 18.9 Å². The van der Waals surface area contributed by atoms with Gasteiger partial charge in [0.15, 0.2) is 0 Å². The molecule has 0 N–H and O–H groups in total. The van der Waals surface area contributed by atoms with Crippen LogP contribution >= 0.6 is 0 Å². The van der Waals surface area contributed by atoms with Crippen LogP contribution in [0, 0.1) is 11.8 Å². The van der Waals surface area contributed by atoms with Crippen molar-refractivity contribution >= 4 is 5.97 Å². The van der Waals surface area contributed by atoms with E-state index < -0.39 is 0 Å². The highest BCUT2D eigenvalue weighted by Crippen LogP contribution is 2.15. The van der Waals surface area contributed by atoms with Gasteiger partial charge in [0.25, 0.3) is 0 Å². The summed E-state index contributed by atoms with van der Waals surface area (Å²) in [6.07, 6.45) is 7.34. The maximum absolute atomic E-state index is 11.3. The number of hydrogen-bond acceptors (Lipinski definition) is 2. The molecule has 0 fully saturated rings. The topological polar surface area (TPSA) is 26.3 Å². The highest BCUT2D eigenvalue weighted by molar-refractivity contribution is 5.72. The van der Waals surface area contributed by atoms with Crippen molar-refractivity contribution in [1.29, 1.82) is 0 Å². The SMILES string of the molecule is CCOC(=O)CC(C)=C=CCC(C)CCCC(C)C. The van der Waals surface area contributed by atoms with Crippen molar-refractivity contribution in [3.63, 3.8) is 0 Å². The Bertz CT molecular complexity index is 309.